The summed E-state index contributed by atoms with van der Waals surface area (Å²) in [5, 5.41) is 3.18. The quantitative estimate of drug-likeness (QED) is 0.157. The lowest BCUT2D eigenvalue weighted by Crippen LogP contribution is -2.36. The molecule has 40 heavy (non-hydrogen) atoms. The van der Waals surface area contributed by atoms with E-state index in [1.807, 2.05) is 12.1 Å². The van der Waals surface area contributed by atoms with Crippen LogP contribution in [0.25, 0.3) is 0 Å². The van der Waals surface area contributed by atoms with Crippen LogP contribution in [0.4, 0.5) is 22.7 Å². The van der Waals surface area contributed by atoms with Crippen LogP contribution in [0, 0.1) is 0 Å². The number of pyridine rings is 1. The SMILES string of the molecule is O=CN(c1ccc(C(=O)c2ccc(NC(=O)c3ccc(N4CCOCC4)cc3)cc2)cc1)c1cc(Cl)nc(Cl)c1. The number of rotatable bonds is 8. The van der Waals surface area contributed by atoms with Crippen LogP contribution in [0.15, 0.2) is 84.9 Å². The summed E-state index contributed by atoms with van der Waals surface area (Å²) in [6.07, 6.45) is 0.629. The molecule has 2 amide bonds. The molecule has 1 N–H and O–H groups in total. The molecule has 8 nitrogen and oxygen atoms in total. The zero-order chi connectivity index (χ0) is 28.1. The average Bonchev–Trinajstić information content (AvgIpc) is 2.98. The van der Waals surface area contributed by atoms with Gasteiger partial charge in [-0.3, -0.25) is 19.3 Å². The number of ether oxygens (including phenoxy) is 1. The third-order valence-electron chi connectivity index (χ3n) is 6.45. The van der Waals surface area contributed by atoms with E-state index >= 15 is 0 Å². The number of carbonyl (C=O) groups is 3. The predicted octanol–water partition coefficient (Wildman–Crippen LogP) is 6.00. The van der Waals surface area contributed by atoms with Gasteiger partial charge in [-0.25, -0.2) is 4.98 Å². The molecular weight excluding hydrogens is 551 g/mol. The van der Waals surface area contributed by atoms with Crippen LogP contribution < -0.4 is 15.1 Å². The molecule has 1 aromatic heterocycles. The molecule has 0 unspecified atom stereocenters. The third kappa shape index (κ3) is 6.31. The van der Waals surface area contributed by atoms with Crippen molar-refractivity contribution >= 4 is 64.1 Å². The van der Waals surface area contributed by atoms with Gasteiger partial charge < -0.3 is 15.0 Å². The van der Waals surface area contributed by atoms with Crippen molar-refractivity contribution in [1.82, 2.24) is 4.98 Å². The number of anilines is 4. The maximum atomic E-state index is 13.0. The number of hydrogen-bond donors (Lipinski definition) is 1. The largest absolute Gasteiger partial charge is 0.378 e. The van der Waals surface area contributed by atoms with E-state index in [1.165, 1.54) is 17.0 Å². The van der Waals surface area contributed by atoms with Crippen molar-refractivity contribution in [2.75, 3.05) is 41.4 Å². The first-order valence-corrected chi connectivity index (χ1v) is 13.2. The second-order valence-electron chi connectivity index (χ2n) is 9.00. The summed E-state index contributed by atoms with van der Waals surface area (Å²) < 4.78 is 5.39. The van der Waals surface area contributed by atoms with E-state index < -0.39 is 0 Å². The van der Waals surface area contributed by atoms with E-state index in [2.05, 4.69) is 15.2 Å². The predicted molar refractivity (Wildman–Crippen MR) is 156 cm³/mol. The Morgan fingerprint density at radius 3 is 1.93 bits per heavy atom. The summed E-state index contributed by atoms with van der Waals surface area (Å²) in [6, 6.07) is 23.8. The highest BCUT2D eigenvalue weighted by Crippen LogP contribution is 2.28. The van der Waals surface area contributed by atoms with Gasteiger partial charge >= 0.3 is 0 Å². The molecule has 2 heterocycles. The van der Waals surface area contributed by atoms with Gasteiger partial charge in [0.15, 0.2) is 5.78 Å². The summed E-state index contributed by atoms with van der Waals surface area (Å²) in [4.78, 5) is 45.0. The zero-order valence-corrected chi connectivity index (χ0v) is 22.7. The van der Waals surface area contributed by atoms with Crippen LogP contribution >= 0.6 is 23.2 Å². The van der Waals surface area contributed by atoms with Crippen molar-refractivity contribution in [3.8, 4) is 0 Å². The van der Waals surface area contributed by atoms with Crippen molar-refractivity contribution in [2.24, 2.45) is 0 Å². The van der Waals surface area contributed by atoms with Crippen molar-refractivity contribution < 1.29 is 19.1 Å². The van der Waals surface area contributed by atoms with Crippen molar-refractivity contribution in [1.29, 1.82) is 0 Å². The first kappa shape index (κ1) is 27.3. The second-order valence-corrected chi connectivity index (χ2v) is 9.77. The minimum absolute atomic E-state index is 0.155. The lowest BCUT2D eigenvalue weighted by molar-refractivity contribution is -0.106. The van der Waals surface area contributed by atoms with Gasteiger partial charge in [-0.1, -0.05) is 23.2 Å². The minimum atomic E-state index is -0.236. The molecule has 202 valence electrons. The fourth-order valence-corrected chi connectivity index (χ4v) is 4.80. The van der Waals surface area contributed by atoms with Gasteiger partial charge in [-0.05, 0) is 84.9 Å². The molecule has 1 fully saturated rings. The van der Waals surface area contributed by atoms with Gasteiger partial charge in [-0.15, -0.1) is 0 Å². The number of amides is 2. The van der Waals surface area contributed by atoms with Gasteiger partial charge in [-0.2, -0.15) is 0 Å². The third-order valence-corrected chi connectivity index (χ3v) is 6.84. The number of hydrogen-bond acceptors (Lipinski definition) is 6. The summed E-state index contributed by atoms with van der Waals surface area (Å²) in [5.74, 6) is -0.435. The highest BCUT2D eigenvalue weighted by Gasteiger charge is 2.15. The molecule has 3 aromatic carbocycles. The summed E-state index contributed by atoms with van der Waals surface area (Å²) in [5.41, 5.74) is 4.05. The Labute approximate surface area is 241 Å². The molecule has 1 aliphatic rings. The van der Waals surface area contributed by atoms with Crippen LogP contribution in [0.5, 0.6) is 0 Å². The number of halogens is 2. The van der Waals surface area contributed by atoms with E-state index in [0.29, 0.717) is 53.4 Å². The fourth-order valence-electron chi connectivity index (χ4n) is 4.36. The van der Waals surface area contributed by atoms with Gasteiger partial charge in [0.1, 0.15) is 10.3 Å². The normalized spacial score (nSPS) is 13.0. The molecule has 0 aliphatic carbocycles. The van der Waals surface area contributed by atoms with E-state index in [9.17, 15) is 14.4 Å². The first-order valence-electron chi connectivity index (χ1n) is 12.5. The number of morpholine rings is 1. The second kappa shape index (κ2) is 12.3. The molecule has 1 saturated heterocycles. The Hall–Kier alpha value is -4.24. The van der Waals surface area contributed by atoms with Crippen LogP contribution in [0.2, 0.25) is 10.3 Å². The highest BCUT2D eigenvalue weighted by atomic mass is 35.5. The van der Waals surface area contributed by atoms with Crippen molar-refractivity contribution in [3.63, 3.8) is 0 Å². The van der Waals surface area contributed by atoms with E-state index in [4.69, 9.17) is 27.9 Å². The summed E-state index contributed by atoms with van der Waals surface area (Å²) in [7, 11) is 0. The standard InChI is InChI=1S/C30H24Cl2N4O4/c31-27-17-26(18-28(32)34-27)36(19-37)25-11-3-21(4-12-25)29(38)20-1-7-23(8-2-20)33-30(39)22-5-9-24(10-6-22)35-13-15-40-16-14-35/h1-12,17-19H,13-16H2,(H,33,39). The van der Waals surface area contributed by atoms with Crippen LogP contribution in [-0.2, 0) is 9.53 Å². The summed E-state index contributed by atoms with van der Waals surface area (Å²) >= 11 is 11.9. The Balaban J connectivity index is 1.22. The first-order chi connectivity index (χ1) is 19.4. The van der Waals surface area contributed by atoms with E-state index in [0.717, 1.165) is 18.8 Å². The van der Waals surface area contributed by atoms with Gasteiger partial charge in [0.05, 0.1) is 18.9 Å². The van der Waals surface area contributed by atoms with E-state index in [1.54, 1.807) is 60.7 Å². The fraction of sp³-hybridized carbons (Fsp3) is 0.133. The molecule has 4 aromatic rings. The van der Waals surface area contributed by atoms with Gasteiger partial charge in [0, 0.05) is 46.8 Å². The monoisotopic (exact) mass is 574 g/mol. The molecule has 0 radical (unpaired) electrons. The molecule has 0 atom stereocenters. The van der Waals surface area contributed by atoms with Gasteiger partial charge in [0.25, 0.3) is 5.91 Å². The van der Waals surface area contributed by atoms with E-state index in [-0.39, 0.29) is 22.0 Å². The maximum absolute atomic E-state index is 13.0. The molecule has 0 spiro atoms. The minimum Gasteiger partial charge on any atom is -0.378 e. The average molecular weight is 575 g/mol. The maximum Gasteiger partial charge on any atom is 0.255 e. The molecule has 10 heteroatoms. The molecule has 0 bridgehead atoms. The Kier molecular flexibility index (Phi) is 8.40. The number of ketones is 1. The molecule has 0 saturated carbocycles. The lowest BCUT2D eigenvalue weighted by atomic mass is 10.0. The van der Waals surface area contributed by atoms with Crippen LogP contribution in [0.3, 0.4) is 0 Å². The lowest BCUT2D eigenvalue weighted by Gasteiger charge is -2.28. The van der Waals surface area contributed by atoms with Crippen LogP contribution in [0.1, 0.15) is 26.3 Å². The number of nitrogens with one attached hydrogen (secondary N) is 1. The topological polar surface area (TPSA) is 91.8 Å². The molecule has 5 rings (SSSR count). The zero-order valence-electron chi connectivity index (χ0n) is 21.2. The van der Waals surface area contributed by atoms with Gasteiger partial charge in [0.2, 0.25) is 6.41 Å². The molecular formula is C30H24Cl2N4O4. The van der Waals surface area contributed by atoms with Crippen molar-refractivity contribution in [2.45, 2.75) is 0 Å². The molecule has 1 aliphatic heterocycles. The number of benzene rings is 3. The smallest absolute Gasteiger partial charge is 0.255 e. The number of carbonyl (C=O) groups excluding carboxylic acids is 3. The Bertz CT molecular complexity index is 1500. The number of nitrogens with zero attached hydrogens (tertiary/aromatic N) is 3. The van der Waals surface area contributed by atoms with Crippen molar-refractivity contribution in [3.05, 3.63) is 112 Å². The summed E-state index contributed by atoms with van der Waals surface area (Å²) in [6.45, 7) is 3.05. The highest BCUT2D eigenvalue weighted by molar-refractivity contribution is 6.33. The number of aromatic nitrogens is 1. The Morgan fingerprint density at radius 1 is 0.800 bits per heavy atom. The Morgan fingerprint density at radius 2 is 1.35 bits per heavy atom. The van der Waals surface area contributed by atoms with Crippen LogP contribution in [-0.4, -0.2) is 49.4 Å².